The van der Waals surface area contributed by atoms with Crippen LogP contribution in [0.2, 0.25) is 0 Å². The summed E-state index contributed by atoms with van der Waals surface area (Å²) in [6.45, 7) is 0. The van der Waals surface area contributed by atoms with Gasteiger partial charge in [-0.2, -0.15) is 0 Å². The first kappa shape index (κ1) is 13.6. The molecule has 0 bridgehead atoms. The summed E-state index contributed by atoms with van der Waals surface area (Å²) in [5.74, 6) is 0. The molecule has 5 heteroatoms. The molecule has 0 amide bonds. The fourth-order valence-electron chi connectivity index (χ4n) is 1.37. The Balaban J connectivity index is 2.28. The van der Waals surface area contributed by atoms with Crippen LogP contribution in [-0.4, -0.2) is 0 Å². The summed E-state index contributed by atoms with van der Waals surface area (Å²) in [5, 5.41) is 3.34. The third-order valence-corrected chi connectivity index (χ3v) is 4.87. The van der Waals surface area contributed by atoms with E-state index in [2.05, 4.69) is 69.0 Å². The van der Waals surface area contributed by atoms with Gasteiger partial charge < -0.3 is 5.32 Å². The smallest absolute Gasteiger partial charge is 0.0406 e. The Labute approximate surface area is 134 Å². The highest BCUT2D eigenvalue weighted by Gasteiger charge is 2.01. The van der Waals surface area contributed by atoms with Gasteiger partial charge in [-0.15, -0.1) is 0 Å². The van der Waals surface area contributed by atoms with E-state index in [-0.39, 0.29) is 0 Å². The average molecular weight is 485 g/mol. The van der Waals surface area contributed by atoms with Gasteiger partial charge in [0, 0.05) is 29.3 Å². The van der Waals surface area contributed by atoms with Crippen LogP contribution in [0.1, 0.15) is 0 Å². The second-order valence-electron chi connectivity index (χ2n) is 3.41. The maximum absolute atomic E-state index is 3.48. The van der Waals surface area contributed by atoms with Crippen LogP contribution in [0, 0.1) is 0 Å². The number of benzene rings is 2. The van der Waals surface area contributed by atoms with Crippen molar-refractivity contribution in [2.75, 3.05) is 5.32 Å². The molecule has 0 spiro atoms. The molecule has 88 valence electrons. The number of rotatable bonds is 2. The summed E-state index contributed by atoms with van der Waals surface area (Å²) in [6.07, 6.45) is 0. The molecule has 0 radical (unpaired) electrons. The first-order valence-corrected chi connectivity index (χ1v) is 7.90. The van der Waals surface area contributed by atoms with Gasteiger partial charge in [-0.05, 0) is 68.3 Å². The summed E-state index contributed by atoms with van der Waals surface area (Å²) in [4.78, 5) is 0. The van der Waals surface area contributed by atoms with Gasteiger partial charge in [0.05, 0.1) is 0 Å². The highest BCUT2D eigenvalue weighted by Crippen LogP contribution is 2.29. The molecule has 0 aliphatic carbocycles. The molecule has 0 unspecified atom stereocenters. The van der Waals surface area contributed by atoms with Crippen molar-refractivity contribution in [3.05, 3.63) is 54.3 Å². The number of halogens is 4. The van der Waals surface area contributed by atoms with Crippen LogP contribution in [-0.2, 0) is 0 Å². The normalized spacial score (nSPS) is 10.4. The predicted molar refractivity (Wildman–Crippen MR) is 87.0 cm³/mol. The van der Waals surface area contributed by atoms with E-state index < -0.39 is 0 Å². The molecule has 0 heterocycles. The minimum absolute atomic E-state index is 1.02. The maximum Gasteiger partial charge on any atom is 0.0406 e. The second kappa shape index (κ2) is 5.87. The zero-order valence-electron chi connectivity index (χ0n) is 8.48. The highest BCUT2D eigenvalue weighted by atomic mass is 79.9. The Kier molecular flexibility index (Phi) is 4.69. The van der Waals surface area contributed by atoms with Crippen molar-refractivity contribution in [3.63, 3.8) is 0 Å². The number of anilines is 2. The number of nitrogens with one attached hydrogen (secondary N) is 1. The Bertz CT molecular complexity index is 534. The molecule has 1 N–H and O–H groups in total. The lowest BCUT2D eigenvalue weighted by Crippen LogP contribution is -1.90. The lowest BCUT2D eigenvalue weighted by molar-refractivity contribution is 1.49. The van der Waals surface area contributed by atoms with Crippen molar-refractivity contribution in [1.29, 1.82) is 0 Å². The summed E-state index contributed by atoms with van der Waals surface area (Å²) in [5.41, 5.74) is 2.06. The quantitative estimate of drug-likeness (QED) is 0.514. The van der Waals surface area contributed by atoms with E-state index in [4.69, 9.17) is 0 Å². The Hall–Kier alpha value is 0.160. The number of hydrogen-bond acceptors (Lipinski definition) is 1. The third-order valence-electron chi connectivity index (χ3n) is 2.07. The molecule has 0 atom stereocenters. The topological polar surface area (TPSA) is 12.0 Å². The van der Waals surface area contributed by atoms with Crippen molar-refractivity contribution in [2.45, 2.75) is 0 Å². The fraction of sp³-hybridized carbons (Fsp3) is 0. The van der Waals surface area contributed by atoms with E-state index in [1.807, 2.05) is 36.4 Å². The van der Waals surface area contributed by atoms with E-state index in [1.165, 1.54) is 0 Å². The Morgan fingerprint density at radius 3 is 1.88 bits per heavy atom. The summed E-state index contributed by atoms with van der Waals surface area (Å²) < 4.78 is 4.13. The van der Waals surface area contributed by atoms with Gasteiger partial charge in [0.15, 0.2) is 0 Å². The summed E-state index contributed by atoms with van der Waals surface area (Å²) >= 11 is 13.9. The van der Waals surface area contributed by atoms with E-state index in [0.717, 1.165) is 29.3 Å². The molecule has 2 rings (SSSR count). The van der Waals surface area contributed by atoms with Crippen LogP contribution in [0.25, 0.3) is 0 Å². The van der Waals surface area contributed by atoms with Crippen molar-refractivity contribution in [3.8, 4) is 0 Å². The Morgan fingerprint density at radius 1 is 0.647 bits per heavy atom. The van der Waals surface area contributed by atoms with E-state index in [9.17, 15) is 0 Å². The summed E-state index contributed by atoms with van der Waals surface area (Å²) in [7, 11) is 0. The van der Waals surface area contributed by atoms with Crippen LogP contribution < -0.4 is 5.32 Å². The zero-order chi connectivity index (χ0) is 12.4. The minimum atomic E-state index is 1.02. The van der Waals surface area contributed by atoms with Crippen LogP contribution in [0.15, 0.2) is 54.3 Å². The van der Waals surface area contributed by atoms with Gasteiger partial charge in [-0.3, -0.25) is 0 Å². The lowest BCUT2D eigenvalue weighted by Gasteiger charge is -2.08. The number of hydrogen-bond donors (Lipinski definition) is 1. The first-order valence-electron chi connectivity index (χ1n) is 4.73. The molecular formula is C12H7Br4N. The second-order valence-corrected chi connectivity index (χ2v) is 6.95. The van der Waals surface area contributed by atoms with Crippen molar-refractivity contribution >= 4 is 75.1 Å². The van der Waals surface area contributed by atoms with Crippen LogP contribution in [0.4, 0.5) is 11.4 Å². The van der Waals surface area contributed by atoms with E-state index in [1.54, 1.807) is 0 Å². The molecule has 0 saturated heterocycles. The third kappa shape index (κ3) is 3.81. The standard InChI is InChI=1S/C12H7Br4N/c13-7-3-8(14)5-10(4-7)17-9-1-2-11(15)12(16)6-9/h1-6,17H. The minimum Gasteiger partial charge on any atom is -0.355 e. The van der Waals surface area contributed by atoms with Crippen molar-refractivity contribution < 1.29 is 0 Å². The van der Waals surface area contributed by atoms with Gasteiger partial charge in [-0.25, -0.2) is 0 Å². The maximum atomic E-state index is 3.48. The van der Waals surface area contributed by atoms with E-state index >= 15 is 0 Å². The lowest BCUT2D eigenvalue weighted by atomic mass is 10.3. The van der Waals surface area contributed by atoms with Crippen LogP contribution in [0.5, 0.6) is 0 Å². The van der Waals surface area contributed by atoms with Gasteiger partial charge in [0.1, 0.15) is 0 Å². The molecule has 2 aromatic carbocycles. The molecule has 0 aliphatic rings. The Morgan fingerprint density at radius 2 is 1.29 bits per heavy atom. The van der Waals surface area contributed by atoms with Gasteiger partial charge in [0.2, 0.25) is 0 Å². The zero-order valence-corrected chi connectivity index (χ0v) is 14.8. The molecule has 0 aliphatic heterocycles. The molecule has 0 fully saturated rings. The van der Waals surface area contributed by atoms with Gasteiger partial charge in [0.25, 0.3) is 0 Å². The van der Waals surface area contributed by atoms with Crippen molar-refractivity contribution in [2.24, 2.45) is 0 Å². The fourth-order valence-corrected chi connectivity index (χ4v) is 3.29. The molecule has 1 nitrogen and oxygen atoms in total. The monoisotopic (exact) mass is 481 g/mol. The van der Waals surface area contributed by atoms with Crippen LogP contribution in [0.3, 0.4) is 0 Å². The van der Waals surface area contributed by atoms with E-state index in [0.29, 0.717) is 0 Å². The first-order chi connectivity index (χ1) is 8.04. The predicted octanol–water partition coefficient (Wildman–Crippen LogP) is 6.48. The van der Waals surface area contributed by atoms with Gasteiger partial charge >= 0.3 is 0 Å². The SMILES string of the molecule is Brc1cc(Br)cc(Nc2ccc(Br)c(Br)c2)c1. The van der Waals surface area contributed by atoms with Gasteiger partial charge in [-0.1, -0.05) is 31.9 Å². The summed E-state index contributed by atoms with van der Waals surface area (Å²) in [6, 6.07) is 12.1. The average Bonchev–Trinajstić information content (AvgIpc) is 2.22. The van der Waals surface area contributed by atoms with Crippen LogP contribution >= 0.6 is 63.7 Å². The molecule has 2 aromatic rings. The highest BCUT2D eigenvalue weighted by molar-refractivity contribution is 9.13. The van der Waals surface area contributed by atoms with Crippen molar-refractivity contribution in [1.82, 2.24) is 0 Å². The largest absolute Gasteiger partial charge is 0.355 e. The molecular weight excluding hydrogens is 478 g/mol. The molecule has 0 saturated carbocycles. The molecule has 0 aromatic heterocycles. The molecule has 17 heavy (non-hydrogen) atoms.